The first-order valence-electron chi connectivity index (χ1n) is 10.8. The molecule has 1 aliphatic rings. The van der Waals surface area contributed by atoms with E-state index in [2.05, 4.69) is 31.9 Å². The topological polar surface area (TPSA) is 81.2 Å². The molecule has 1 saturated heterocycles. The Bertz CT molecular complexity index is 1190. The number of aryl methyl sites for hydroxylation is 1. The van der Waals surface area contributed by atoms with Crippen LogP contribution in [0, 0.1) is 12.5 Å². The average molecular weight is 469 g/mol. The molecule has 1 fully saturated rings. The van der Waals surface area contributed by atoms with Gasteiger partial charge in [0.05, 0.1) is 35.8 Å². The van der Waals surface area contributed by atoms with Gasteiger partial charge in [-0.3, -0.25) is 4.79 Å². The number of halogens is 3. The van der Waals surface area contributed by atoms with Crippen molar-refractivity contribution in [2.24, 2.45) is 5.92 Å². The number of likely N-dealkylation sites (tertiary alicyclic amines) is 1. The van der Waals surface area contributed by atoms with E-state index in [1.165, 1.54) is 17.2 Å². The molecular weight excluding hydrogens is 447 g/mol. The van der Waals surface area contributed by atoms with Crippen LogP contribution in [-0.2, 0) is 12.6 Å². The first-order chi connectivity index (χ1) is 16.3. The van der Waals surface area contributed by atoms with Crippen LogP contribution < -0.4 is 0 Å². The van der Waals surface area contributed by atoms with E-state index in [1.807, 2.05) is 0 Å². The summed E-state index contributed by atoms with van der Waals surface area (Å²) in [6, 6.07) is 4.66. The summed E-state index contributed by atoms with van der Waals surface area (Å²) in [5.74, 6) is 0.250. The van der Waals surface area contributed by atoms with Crippen LogP contribution in [0.5, 0.6) is 0 Å². The SMILES string of the molecule is [C-]#[N+]c1ccc(-n2nccn2)c(C(=O)N2CCC[C@@H](C)[C@H]2CCc2ncc(C(F)(F)F)cn2)c1. The molecule has 0 radical (unpaired) electrons. The highest BCUT2D eigenvalue weighted by molar-refractivity contribution is 5.99. The number of piperidine rings is 1. The number of hydrogen-bond donors (Lipinski definition) is 0. The Hall–Kier alpha value is -3.81. The summed E-state index contributed by atoms with van der Waals surface area (Å²) < 4.78 is 38.4. The number of hydrogen-bond acceptors (Lipinski definition) is 5. The van der Waals surface area contributed by atoms with Gasteiger partial charge in [-0.05, 0) is 37.3 Å². The normalized spacial score (nSPS) is 18.5. The number of aromatic nitrogens is 5. The number of carbonyl (C=O) groups is 1. The second-order valence-corrected chi connectivity index (χ2v) is 8.24. The van der Waals surface area contributed by atoms with Crippen molar-refractivity contribution < 1.29 is 18.0 Å². The fourth-order valence-electron chi connectivity index (χ4n) is 4.28. The van der Waals surface area contributed by atoms with Crippen molar-refractivity contribution in [3.05, 3.63) is 71.4 Å². The highest BCUT2D eigenvalue weighted by atomic mass is 19.4. The number of carbonyl (C=O) groups excluding carboxylic acids is 1. The van der Waals surface area contributed by atoms with Crippen molar-refractivity contribution in [1.82, 2.24) is 29.9 Å². The molecule has 0 saturated carbocycles. The summed E-state index contributed by atoms with van der Waals surface area (Å²) in [6.07, 6.45) is 2.71. The predicted octanol–water partition coefficient (Wildman–Crippen LogP) is 4.50. The molecule has 0 bridgehead atoms. The van der Waals surface area contributed by atoms with Gasteiger partial charge in [0.2, 0.25) is 0 Å². The summed E-state index contributed by atoms with van der Waals surface area (Å²) in [7, 11) is 0. The first kappa shape index (κ1) is 23.4. The minimum absolute atomic E-state index is 0.151. The third-order valence-electron chi connectivity index (χ3n) is 6.05. The summed E-state index contributed by atoms with van der Waals surface area (Å²) in [6.45, 7) is 9.93. The molecule has 4 rings (SSSR count). The van der Waals surface area contributed by atoms with Crippen LogP contribution in [0.3, 0.4) is 0 Å². The lowest BCUT2D eigenvalue weighted by atomic mass is 9.87. The van der Waals surface area contributed by atoms with Gasteiger partial charge in [-0.2, -0.15) is 28.2 Å². The zero-order valence-electron chi connectivity index (χ0n) is 18.4. The lowest BCUT2D eigenvalue weighted by Crippen LogP contribution is -2.48. The number of amides is 1. The molecule has 0 unspecified atom stereocenters. The Kier molecular flexibility index (Phi) is 6.58. The molecule has 2 atom stereocenters. The van der Waals surface area contributed by atoms with Crippen LogP contribution in [-0.4, -0.2) is 48.4 Å². The molecule has 176 valence electrons. The van der Waals surface area contributed by atoms with Gasteiger partial charge < -0.3 is 4.90 Å². The Labute approximate surface area is 194 Å². The number of benzene rings is 1. The van der Waals surface area contributed by atoms with E-state index < -0.39 is 11.7 Å². The van der Waals surface area contributed by atoms with E-state index in [0.717, 1.165) is 25.2 Å². The molecule has 1 aromatic carbocycles. The van der Waals surface area contributed by atoms with Crippen LogP contribution in [0.1, 0.15) is 47.9 Å². The standard InChI is InChI=1S/C23H22F3N7O/c1-15-4-3-11-32(19(15)7-8-21-28-13-16(14-29-21)23(24,25)26)22(34)18-12-17(27-2)5-6-20(18)33-30-9-10-31-33/h5-6,9-10,12-15,19H,3-4,7-8,11H2,1H3/t15-,19-/m1/s1. The molecular formula is C23H22F3N7O. The van der Waals surface area contributed by atoms with Crippen molar-refractivity contribution in [1.29, 1.82) is 0 Å². The van der Waals surface area contributed by atoms with E-state index in [-0.39, 0.29) is 17.9 Å². The Morgan fingerprint density at radius 1 is 1.21 bits per heavy atom. The van der Waals surface area contributed by atoms with Gasteiger partial charge in [-0.15, -0.1) is 0 Å². The molecule has 1 aliphatic heterocycles. The molecule has 2 aromatic heterocycles. The predicted molar refractivity (Wildman–Crippen MR) is 116 cm³/mol. The van der Waals surface area contributed by atoms with E-state index in [0.29, 0.717) is 42.1 Å². The van der Waals surface area contributed by atoms with Crippen molar-refractivity contribution in [2.75, 3.05) is 6.54 Å². The fraction of sp³-hybridized carbons (Fsp3) is 0.391. The molecule has 0 N–H and O–H groups in total. The monoisotopic (exact) mass is 469 g/mol. The van der Waals surface area contributed by atoms with Crippen molar-refractivity contribution in [2.45, 2.75) is 44.8 Å². The number of nitrogens with zero attached hydrogens (tertiary/aromatic N) is 7. The molecule has 3 heterocycles. The largest absolute Gasteiger partial charge is 0.419 e. The molecule has 0 spiro atoms. The summed E-state index contributed by atoms with van der Waals surface area (Å²) in [5, 5.41) is 8.25. The average Bonchev–Trinajstić information content (AvgIpc) is 3.37. The van der Waals surface area contributed by atoms with Crippen LogP contribution in [0.15, 0.2) is 43.0 Å². The van der Waals surface area contributed by atoms with Crippen molar-refractivity contribution in [3.63, 3.8) is 0 Å². The van der Waals surface area contributed by atoms with Gasteiger partial charge in [-0.1, -0.05) is 13.0 Å². The Morgan fingerprint density at radius 2 is 1.91 bits per heavy atom. The van der Waals surface area contributed by atoms with Gasteiger partial charge in [0.25, 0.3) is 5.91 Å². The first-order valence-corrected chi connectivity index (χ1v) is 10.8. The fourth-order valence-corrected chi connectivity index (χ4v) is 4.28. The van der Waals surface area contributed by atoms with Crippen molar-refractivity contribution >= 4 is 11.6 Å². The third-order valence-corrected chi connectivity index (χ3v) is 6.05. The van der Waals surface area contributed by atoms with Gasteiger partial charge in [0.1, 0.15) is 5.82 Å². The van der Waals surface area contributed by atoms with Crippen LogP contribution >= 0.6 is 0 Å². The maximum atomic E-state index is 13.7. The van der Waals surface area contributed by atoms with Gasteiger partial charge in [0.15, 0.2) is 5.69 Å². The second kappa shape index (κ2) is 9.59. The maximum Gasteiger partial charge on any atom is 0.419 e. The number of rotatable bonds is 5. The molecule has 3 aromatic rings. The molecule has 0 aliphatic carbocycles. The molecule has 11 heteroatoms. The van der Waals surface area contributed by atoms with Crippen LogP contribution in [0.25, 0.3) is 10.5 Å². The lowest BCUT2D eigenvalue weighted by molar-refractivity contribution is -0.138. The quantitative estimate of drug-likeness (QED) is 0.514. The third kappa shape index (κ3) is 4.90. The van der Waals surface area contributed by atoms with Crippen LogP contribution in [0.4, 0.5) is 18.9 Å². The summed E-state index contributed by atoms with van der Waals surface area (Å²) in [4.78, 5) is 28.0. The minimum Gasteiger partial charge on any atom is -0.335 e. The minimum atomic E-state index is -4.49. The highest BCUT2D eigenvalue weighted by Gasteiger charge is 2.34. The number of alkyl halides is 3. The van der Waals surface area contributed by atoms with Crippen LogP contribution in [0.2, 0.25) is 0 Å². The maximum absolute atomic E-state index is 13.7. The van der Waals surface area contributed by atoms with E-state index in [9.17, 15) is 18.0 Å². The van der Waals surface area contributed by atoms with E-state index >= 15 is 0 Å². The van der Waals surface area contributed by atoms with Gasteiger partial charge in [0, 0.05) is 31.4 Å². The molecule has 8 nitrogen and oxygen atoms in total. The summed E-state index contributed by atoms with van der Waals surface area (Å²) >= 11 is 0. The Balaban J connectivity index is 1.58. The summed E-state index contributed by atoms with van der Waals surface area (Å²) in [5.41, 5.74) is 0.248. The smallest absolute Gasteiger partial charge is 0.335 e. The van der Waals surface area contributed by atoms with Crippen molar-refractivity contribution in [3.8, 4) is 5.69 Å². The zero-order valence-corrected chi connectivity index (χ0v) is 18.4. The molecule has 34 heavy (non-hydrogen) atoms. The second-order valence-electron chi connectivity index (χ2n) is 8.24. The highest BCUT2D eigenvalue weighted by Crippen LogP contribution is 2.31. The van der Waals surface area contributed by atoms with Gasteiger partial charge >= 0.3 is 6.18 Å². The molecule has 1 amide bonds. The Morgan fingerprint density at radius 3 is 2.56 bits per heavy atom. The lowest BCUT2D eigenvalue weighted by Gasteiger charge is -2.40. The van der Waals surface area contributed by atoms with E-state index in [4.69, 9.17) is 6.57 Å². The van der Waals surface area contributed by atoms with Gasteiger partial charge in [-0.25, -0.2) is 14.8 Å². The zero-order chi connectivity index (χ0) is 24.3. The van der Waals surface area contributed by atoms with E-state index in [1.54, 1.807) is 23.1 Å².